The van der Waals surface area contributed by atoms with Crippen LogP contribution in [-0.2, 0) is 16.4 Å². The first-order chi connectivity index (χ1) is 9.85. The Hall–Kier alpha value is -0.910. The molecule has 0 aliphatic heterocycles. The molecule has 4 nitrogen and oxygen atoms in total. The lowest BCUT2D eigenvalue weighted by Gasteiger charge is -2.27. The minimum Gasteiger partial charge on any atom is -0.396 e. The van der Waals surface area contributed by atoms with Crippen molar-refractivity contribution in [3.63, 3.8) is 0 Å². The van der Waals surface area contributed by atoms with E-state index < -0.39 is 10.0 Å². The molecule has 0 spiro atoms. The topological polar surface area (TPSA) is 66.4 Å². The molecule has 1 aromatic carbocycles. The van der Waals surface area contributed by atoms with Crippen molar-refractivity contribution in [2.75, 3.05) is 6.61 Å². The van der Waals surface area contributed by atoms with Crippen LogP contribution in [0.3, 0.4) is 0 Å². The van der Waals surface area contributed by atoms with E-state index in [9.17, 15) is 8.42 Å². The Balaban J connectivity index is 2.09. The lowest BCUT2D eigenvalue weighted by molar-refractivity contribution is 0.288. The number of rotatable bonds is 6. The SMILES string of the molecule is CC1(C)CCCC1NS(=O)(=O)c1ccc(CCCO)cc1. The third-order valence-electron chi connectivity index (χ3n) is 4.41. The number of sulfonamides is 1. The molecule has 0 aromatic heterocycles. The van der Waals surface area contributed by atoms with Gasteiger partial charge in [-0.05, 0) is 48.8 Å². The number of nitrogens with one attached hydrogen (secondary N) is 1. The Morgan fingerprint density at radius 2 is 1.95 bits per heavy atom. The van der Waals surface area contributed by atoms with Gasteiger partial charge in [-0.2, -0.15) is 0 Å². The molecule has 0 amide bonds. The minimum absolute atomic E-state index is 0.0107. The van der Waals surface area contributed by atoms with E-state index >= 15 is 0 Å². The molecule has 0 saturated heterocycles. The Morgan fingerprint density at radius 3 is 2.48 bits per heavy atom. The standard InChI is InChI=1S/C16H25NO3S/c1-16(2)11-3-6-15(16)17-21(19,20)14-9-7-13(8-10-14)5-4-12-18/h7-10,15,17-18H,3-6,11-12H2,1-2H3. The monoisotopic (exact) mass is 311 g/mol. The highest BCUT2D eigenvalue weighted by Gasteiger charge is 2.37. The van der Waals surface area contributed by atoms with Crippen molar-refractivity contribution in [3.8, 4) is 0 Å². The van der Waals surface area contributed by atoms with Crippen molar-refractivity contribution in [2.24, 2.45) is 5.41 Å². The Morgan fingerprint density at radius 1 is 1.29 bits per heavy atom. The van der Waals surface area contributed by atoms with E-state index in [2.05, 4.69) is 18.6 Å². The van der Waals surface area contributed by atoms with Gasteiger partial charge >= 0.3 is 0 Å². The number of hydrogen-bond donors (Lipinski definition) is 2. The summed E-state index contributed by atoms with van der Waals surface area (Å²) in [5, 5.41) is 8.81. The van der Waals surface area contributed by atoms with E-state index in [4.69, 9.17) is 5.11 Å². The van der Waals surface area contributed by atoms with Crippen molar-refractivity contribution in [1.29, 1.82) is 0 Å². The summed E-state index contributed by atoms with van der Waals surface area (Å²) in [6, 6.07) is 6.96. The maximum Gasteiger partial charge on any atom is 0.240 e. The van der Waals surface area contributed by atoms with E-state index in [-0.39, 0.29) is 18.1 Å². The second-order valence-corrected chi connectivity index (χ2v) is 8.24. The molecule has 1 aliphatic carbocycles. The molecule has 1 atom stereocenters. The lowest BCUT2D eigenvalue weighted by atomic mass is 9.88. The van der Waals surface area contributed by atoms with Crippen LogP contribution in [0.25, 0.3) is 0 Å². The summed E-state index contributed by atoms with van der Waals surface area (Å²) in [5.74, 6) is 0. The van der Waals surface area contributed by atoms with Crippen LogP contribution in [0.2, 0.25) is 0 Å². The van der Waals surface area contributed by atoms with Gasteiger partial charge in [-0.1, -0.05) is 32.4 Å². The van der Waals surface area contributed by atoms with Crippen molar-refractivity contribution >= 4 is 10.0 Å². The van der Waals surface area contributed by atoms with Crippen molar-refractivity contribution < 1.29 is 13.5 Å². The first-order valence-corrected chi connectivity index (χ1v) is 9.06. The van der Waals surface area contributed by atoms with Gasteiger partial charge < -0.3 is 5.11 Å². The maximum atomic E-state index is 12.5. The third-order valence-corrected chi connectivity index (χ3v) is 5.90. The molecule has 0 bridgehead atoms. The molecule has 1 fully saturated rings. The molecule has 1 aromatic rings. The van der Waals surface area contributed by atoms with E-state index in [0.29, 0.717) is 11.3 Å². The highest BCUT2D eigenvalue weighted by Crippen LogP contribution is 2.37. The van der Waals surface area contributed by atoms with Crippen LogP contribution in [0.15, 0.2) is 29.2 Å². The molecule has 2 rings (SSSR count). The van der Waals surface area contributed by atoms with Gasteiger partial charge in [0.25, 0.3) is 0 Å². The van der Waals surface area contributed by atoms with Crippen LogP contribution in [-0.4, -0.2) is 26.2 Å². The lowest BCUT2D eigenvalue weighted by Crippen LogP contribution is -2.41. The molecule has 2 N–H and O–H groups in total. The van der Waals surface area contributed by atoms with Gasteiger partial charge in [-0.25, -0.2) is 13.1 Å². The molecule has 0 radical (unpaired) electrons. The average Bonchev–Trinajstić information content (AvgIpc) is 2.75. The number of hydrogen-bond acceptors (Lipinski definition) is 3. The zero-order valence-electron chi connectivity index (χ0n) is 12.8. The first kappa shape index (κ1) is 16.5. The van der Waals surface area contributed by atoms with E-state index in [1.165, 1.54) is 0 Å². The summed E-state index contributed by atoms with van der Waals surface area (Å²) >= 11 is 0. The summed E-state index contributed by atoms with van der Waals surface area (Å²) in [7, 11) is -3.45. The number of aryl methyl sites for hydroxylation is 1. The highest BCUT2D eigenvalue weighted by molar-refractivity contribution is 7.89. The summed E-state index contributed by atoms with van der Waals surface area (Å²) in [6.45, 7) is 4.38. The zero-order chi connectivity index (χ0) is 15.5. The largest absolute Gasteiger partial charge is 0.396 e. The normalized spacial score (nSPS) is 21.6. The molecule has 0 heterocycles. The van der Waals surface area contributed by atoms with Gasteiger partial charge in [0.05, 0.1) is 4.90 Å². The fourth-order valence-electron chi connectivity index (χ4n) is 2.92. The number of aliphatic hydroxyl groups excluding tert-OH is 1. The average molecular weight is 311 g/mol. The van der Waals surface area contributed by atoms with Crippen molar-refractivity contribution in [3.05, 3.63) is 29.8 Å². The Kier molecular flexibility index (Phi) is 5.07. The van der Waals surface area contributed by atoms with Gasteiger partial charge in [0, 0.05) is 12.6 Å². The Bertz CT molecular complexity index is 564. The van der Waals surface area contributed by atoms with Crippen LogP contribution in [0.4, 0.5) is 0 Å². The van der Waals surface area contributed by atoms with Crippen LogP contribution in [0.1, 0.15) is 45.1 Å². The Labute approximate surface area is 127 Å². The molecule has 118 valence electrons. The molecule has 1 saturated carbocycles. The summed E-state index contributed by atoms with van der Waals surface area (Å²) in [4.78, 5) is 0.318. The quantitative estimate of drug-likeness (QED) is 0.848. The van der Waals surface area contributed by atoms with E-state index in [1.807, 2.05) is 12.1 Å². The summed E-state index contributed by atoms with van der Waals surface area (Å²) < 4.78 is 27.8. The number of aliphatic hydroxyl groups is 1. The van der Waals surface area contributed by atoms with E-state index in [0.717, 1.165) is 31.2 Å². The molecular weight excluding hydrogens is 286 g/mol. The molecule has 5 heteroatoms. The molecule has 1 unspecified atom stereocenters. The fraction of sp³-hybridized carbons (Fsp3) is 0.625. The number of benzene rings is 1. The van der Waals surface area contributed by atoms with E-state index in [1.54, 1.807) is 12.1 Å². The van der Waals surface area contributed by atoms with Crippen LogP contribution < -0.4 is 4.72 Å². The van der Waals surface area contributed by atoms with Crippen molar-refractivity contribution in [1.82, 2.24) is 4.72 Å². The predicted molar refractivity (Wildman–Crippen MR) is 83.6 cm³/mol. The third kappa shape index (κ3) is 4.05. The van der Waals surface area contributed by atoms with Crippen LogP contribution in [0.5, 0.6) is 0 Å². The van der Waals surface area contributed by atoms with Crippen LogP contribution in [0, 0.1) is 5.41 Å². The molecule has 21 heavy (non-hydrogen) atoms. The second-order valence-electron chi connectivity index (χ2n) is 6.53. The van der Waals surface area contributed by atoms with Crippen molar-refractivity contribution in [2.45, 2.75) is 56.9 Å². The highest BCUT2D eigenvalue weighted by atomic mass is 32.2. The van der Waals surface area contributed by atoms with Gasteiger partial charge in [-0.3, -0.25) is 0 Å². The van der Waals surface area contributed by atoms with Gasteiger partial charge in [-0.15, -0.1) is 0 Å². The van der Waals surface area contributed by atoms with Gasteiger partial charge in [0.1, 0.15) is 0 Å². The first-order valence-electron chi connectivity index (χ1n) is 7.57. The smallest absolute Gasteiger partial charge is 0.240 e. The molecular formula is C16H25NO3S. The summed E-state index contributed by atoms with van der Waals surface area (Å²) in [5.41, 5.74) is 1.07. The zero-order valence-corrected chi connectivity index (χ0v) is 13.6. The molecule has 1 aliphatic rings. The predicted octanol–water partition coefficient (Wildman–Crippen LogP) is 2.47. The summed E-state index contributed by atoms with van der Waals surface area (Å²) in [6.07, 6.45) is 4.49. The second kappa shape index (κ2) is 6.46. The van der Waals surface area contributed by atoms with Gasteiger partial charge in [0.2, 0.25) is 10.0 Å². The minimum atomic E-state index is -3.45. The fourth-order valence-corrected chi connectivity index (χ4v) is 4.36. The van der Waals surface area contributed by atoms with Gasteiger partial charge in [0.15, 0.2) is 0 Å². The van der Waals surface area contributed by atoms with Crippen LogP contribution >= 0.6 is 0 Å². The maximum absolute atomic E-state index is 12.5.